The fourth-order valence-electron chi connectivity index (χ4n) is 6.78. The first-order valence-corrected chi connectivity index (χ1v) is 14.4. The van der Waals surface area contributed by atoms with Gasteiger partial charge in [-0.1, -0.05) is 84.4 Å². The molecule has 5 heteroatoms. The number of furan rings is 1. The number of hydrogen-bond donors (Lipinski definition) is 0. The topological polar surface area (TPSA) is 57.9 Å². The monoisotopic (exact) mass is 564 g/mol. The first kappa shape index (κ1) is 25.4. The summed E-state index contributed by atoms with van der Waals surface area (Å²) >= 11 is 0. The van der Waals surface area contributed by atoms with Crippen molar-refractivity contribution in [2.45, 2.75) is 33.7 Å². The van der Waals surface area contributed by atoms with Crippen molar-refractivity contribution in [3.63, 3.8) is 0 Å². The van der Waals surface area contributed by atoms with Crippen LogP contribution in [0.5, 0.6) is 11.5 Å². The normalized spacial score (nSPS) is 16.5. The van der Waals surface area contributed by atoms with Crippen molar-refractivity contribution < 1.29 is 23.4 Å². The molecule has 2 aliphatic rings. The largest absolute Gasteiger partial charge is 0.461 e. The standard InChI is InChI=1S/C38H28O5/c1-21(2)36-33(22(3)32-23(4)40-29-16-10-9-15-28(29)32)37(39)43-38(36)41-30-19-17-24-11-5-7-13-26(24)34(30)35-27-14-8-6-12-25(27)18-20-31(35)42-38/h5-20H,1-4H3/b33-22+. The number of ether oxygens (including phenoxy) is 3. The fourth-order valence-corrected chi connectivity index (χ4v) is 6.78. The Morgan fingerprint density at radius 2 is 1.16 bits per heavy atom. The van der Waals surface area contributed by atoms with Crippen molar-refractivity contribution in [2.75, 3.05) is 0 Å². The molecule has 2 aliphatic heterocycles. The Balaban J connectivity index is 1.43. The van der Waals surface area contributed by atoms with Gasteiger partial charge >= 0.3 is 11.9 Å². The van der Waals surface area contributed by atoms with Crippen LogP contribution in [0.15, 0.2) is 118 Å². The number of carbonyl (C=O) groups is 1. The lowest BCUT2D eigenvalue weighted by Gasteiger charge is -2.28. The van der Waals surface area contributed by atoms with Crippen LogP contribution in [0.3, 0.4) is 0 Å². The average molecular weight is 565 g/mol. The minimum atomic E-state index is -1.83. The van der Waals surface area contributed by atoms with Gasteiger partial charge in [0.2, 0.25) is 0 Å². The molecule has 43 heavy (non-hydrogen) atoms. The number of benzene rings is 5. The molecule has 0 bridgehead atoms. The Morgan fingerprint density at radius 3 is 1.74 bits per heavy atom. The molecule has 3 heterocycles. The van der Waals surface area contributed by atoms with Crippen LogP contribution < -0.4 is 9.47 Å². The maximum atomic E-state index is 14.0. The van der Waals surface area contributed by atoms with Crippen LogP contribution in [-0.2, 0) is 9.53 Å². The fraction of sp³-hybridized carbons (Fsp3) is 0.132. The van der Waals surface area contributed by atoms with E-state index in [1.54, 1.807) is 0 Å². The summed E-state index contributed by atoms with van der Waals surface area (Å²) in [6.45, 7) is 7.75. The lowest BCUT2D eigenvalue weighted by Crippen LogP contribution is -2.43. The number of hydrogen-bond acceptors (Lipinski definition) is 5. The molecule has 5 nitrogen and oxygen atoms in total. The Kier molecular flexibility index (Phi) is 5.38. The van der Waals surface area contributed by atoms with E-state index >= 15 is 0 Å². The van der Waals surface area contributed by atoms with Gasteiger partial charge in [0.1, 0.15) is 22.8 Å². The molecule has 0 unspecified atom stereocenters. The number of carbonyl (C=O) groups excluding carboxylic acids is 1. The van der Waals surface area contributed by atoms with Gasteiger partial charge in [-0.15, -0.1) is 0 Å². The molecule has 1 saturated heterocycles. The van der Waals surface area contributed by atoms with E-state index in [0.717, 1.165) is 66.1 Å². The molecule has 0 atom stereocenters. The van der Waals surface area contributed by atoms with Gasteiger partial charge in [-0.05, 0) is 73.0 Å². The minimum absolute atomic E-state index is 0.418. The molecule has 6 aromatic rings. The highest BCUT2D eigenvalue weighted by Crippen LogP contribution is 2.54. The number of aryl methyl sites for hydroxylation is 1. The minimum Gasteiger partial charge on any atom is -0.461 e. The lowest BCUT2D eigenvalue weighted by molar-refractivity contribution is -0.244. The Morgan fingerprint density at radius 1 is 0.628 bits per heavy atom. The van der Waals surface area contributed by atoms with Crippen LogP contribution in [0.2, 0.25) is 0 Å². The van der Waals surface area contributed by atoms with Gasteiger partial charge in [-0.2, -0.15) is 0 Å². The van der Waals surface area contributed by atoms with Gasteiger partial charge in [0.05, 0.1) is 11.1 Å². The maximum Gasteiger partial charge on any atom is 0.450 e. The molecule has 5 aromatic carbocycles. The summed E-state index contributed by atoms with van der Waals surface area (Å²) in [6, 6.07) is 32.2. The van der Waals surface area contributed by atoms with Crippen molar-refractivity contribution in [3.05, 3.63) is 125 Å². The van der Waals surface area contributed by atoms with E-state index in [9.17, 15) is 4.79 Å². The summed E-state index contributed by atoms with van der Waals surface area (Å²) in [4.78, 5) is 14.0. The van der Waals surface area contributed by atoms with E-state index < -0.39 is 11.9 Å². The van der Waals surface area contributed by atoms with E-state index in [1.165, 1.54) is 0 Å². The van der Waals surface area contributed by atoms with Gasteiger partial charge in [0.15, 0.2) is 0 Å². The Bertz CT molecular complexity index is 2140. The number of para-hydroxylation sites is 1. The van der Waals surface area contributed by atoms with Crippen molar-refractivity contribution in [1.82, 2.24) is 0 Å². The summed E-state index contributed by atoms with van der Waals surface area (Å²) in [7, 11) is 0. The molecular weight excluding hydrogens is 536 g/mol. The predicted octanol–water partition coefficient (Wildman–Crippen LogP) is 9.51. The van der Waals surface area contributed by atoms with E-state index in [0.29, 0.717) is 22.6 Å². The first-order valence-electron chi connectivity index (χ1n) is 14.4. The molecule has 210 valence electrons. The summed E-state index contributed by atoms with van der Waals surface area (Å²) in [5.41, 5.74) is 5.99. The average Bonchev–Trinajstić information content (AvgIpc) is 3.43. The van der Waals surface area contributed by atoms with Gasteiger partial charge < -0.3 is 18.6 Å². The van der Waals surface area contributed by atoms with Crippen LogP contribution >= 0.6 is 0 Å². The van der Waals surface area contributed by atoms with Crippen LogP contribution in [0, 0.1) is 6.92 Å². The van der Waals surface area contributed by atoms with Gasteiger partial charge in [-0.3, -0.25) is 0 Å². The second-order valence-electron chi connectivity index (χ2n) is 11.4. The summed E-state index contributed by atoms with van der Waals surface area (Å²) < 4.78 is 26.0. The van der Waals surface area contributed by atoms with E-state index in [-0.39, 0.29) is 0 Å². The molecule has 0 radical (unpaired) electrons. The lowest BCUT2D eigenvalue weighted by atomic mass is 9.92. The van der Waals surface area contributed by atoms with Crippen molar-refractivity contribution >= 4 is 44.1 Å². The zero-order valence-electron chi connectivity index (χ0n) is 24.3. The van der Waals surface area contributed by atoms with Crippen molar-refractivity contribution in [2.24, 2.45) is 0 Å². The third kappa shape index (κ3) is 3.61. The smallest absolute Gasteiger partial charge is 0.450 e. The van der Waals surface area contributed by atoms with Gasteiger partial charge in [0, 0.05) is 22.1 Å². The molecule has 1 fully saturated rings. The van der Waals surface area contributed by atoms with Crippen LogP contribution in [-0.4, -0.2) is 11.9 Å². The number of rotatable bonds is 1. The van der Waals surface area contributed by atoms with Crippen LogP contribution in [0.25, 0.3) is 49.2 Å². The number of fused-ring (bicyclic) bond motifs is 8. The quantitative estimate of drug-likeness (QED) is 0.147. The van der Waals surface area contributed by atoms with E-state index in [2.05, 4.69) is 24.3 Å². The summed E-state index contributed by atoms with van der Waals surface area (Å²) in [6.07, 6.45) is 0. The summed E-state index contributed by atoms with van der Waals surface area (Å²) in [5, 5.41) is 5.12. The zero-order valence-corrected chi connectivity index (χ0v) is 24.3. The van der Waals surface area contributed by atoms with E-state index in [1.807, 2.05) is 100 Å². The molecule has 1 aromatic heterocycles. The predicted molar refractivity (Wildman–Crippen MR) is 169 cm³/mol. The van der Waals surface area contributed by atoms with Gasteiger partial charge in [0.25, 0.3) is 0 Å². The van der Waals surface area contributed by atoms with E-state index in [4.69, 9.17) is 18.6 Å². The molecular formula is C38H28O5. The molecule has 8 rings (SSSR count). The van der Waals surface area contributed by atoms with Crippen molar-refractivity contribution in [3.8, 4) is 22.6 Å². The maximum absolute atomic E-state index is 14.0. The SMILES string of the molecule is CC(C)=C1/C(=C(/C)c2c(C)oc3ccccc23)C(=O)OC12Oc1ccc3ccccc3c1-c1c(ccc3ccccc13)O2. The molecule has 0 N–H and O–H groups in total. The second kappa shape index (κ2) is 9.10. The highest BCUT2D eigenvalue weighted by molar-refractivity contribution is 6.11. The molecule has 0 aliphatic carbocycles. The molecule has 0 amide bonds. The second-order valence-corrected chi connectivity index (χ2v) is 11.4. The first-order chi connectivity index (χ1) is 20.9. The molecule has 0 saturated carbocycles. The Hall–Kier alpha value is -5.29. The van der Waals surface area contributed by atoms with Gasteiger partial charge in [-0.25, -0.2) is 4.79 Å². The van der Waals surface area contributed by atoms with Crippen LogP contribution in [0.4, 0.5) is 0 Å². The van der Waals surface area contributed by atoms with Crippen LogP contribution in [0.1, 0.15) is 32.1 Å². The number of allylic oxidation sites excluding steroid dienone is 2. The highest BCUT2D eigenvalue weighted by Gasteiger charge is 2.57. The zero-order chi connectivity index (χ0) is 29.5. The third-order valence-electron chi connectivity index (χ3n) is 8.53. The molecule has 1 spiro atoms. The summed E-state index contributed by atoms with van der Waals surface area (Å²) in [5.74, 6) is -0.465. The third-order valence-corrected chi connectivity index (χ3v) is 8.53. The Labute approximate surface area is 248 Å². The van der Waals surface area contributed by atoms with Crippen molar-refractivity contribution in [1.29, 1.82) is 0 Å². The highest BCUT2D eigenvalue weighted by atomic mass is 16.9. The number of esters is 1.